The fourth-order valence-corrected chi connectivity index (χ4v) is 5.66. The summed E-state index contributed by atoms with van der Waals surface area (Å²) in [7, 11) is 2.98. The zero-order valence-corrected chi connectivity index (χ0v) is 25.3. The van der Waals surface area contributed by atoms with Crippen molar-refractivity contribution in [2.45, 2.75) is 59.7 Å². The molecule has 2 N–H and O–H groups in total. The maximum atomic E-state index is 14.5. The van der Waals surface area contributed by atoms with Crippen molar-refractivity contribution in [1.29, 1.82) is 0 Å². The molecule has 1 aliphatic rings. The number of hydrogen-bond acceptors (Lipinski definition) is 8. The summed E-state index contributed by atoms with van der Waals surface area (Å²) in [4.78, 5) is 10.9. The Bertz CT molecular complexity index is 1320. The van der Waals surface area contributed by atoms with Crippen molar-refractivity contribution in [1.82, 2.24) is 9.97 Å². The fraction of sp³-hybridized carbons (Fsp3) is 0.500. The number of nitrogens with zero attached hydrogens (tertiary/aromatic N) is 3. The molecule has 0 amide bonds. The molecule has 3 aromatic rings. The molecule has 42 heavy (non-hydrogen) atoms. The molecule has 0 radical (unpaired) electrons. The van der Waals surface area contributed by atoms with Crippen LogP contribution in [-0.2, 0) is 6.61 Å². The number of rotatable bonds is 12. The Hall–Kier alpha value is -3.66. The molecule has 1 aromatic heterocycles. The van der Waals surface area contributed by atoms with Crippen LogP contribution in [0.25, 0.3) is 0 Å². The quantitative estimate of drug-likeness (QED) is 0.244. The van der Waals surface area contributed by atoms with Gasteiger partial charge in [0.15, 0.2) is 17.3 Å². The van der Waals surface area contributed by atoms with Crippen molar-refractivity contribution >= 4 is 17.3 Å². The van der Waals surface area contributed by atoms with E-state index < -0.39 is 11.6 Å². The summed E-state index contributed by atoms with van der Waals surface area (Å²) in [5.74, 6) is 1.25. The highest BCUT2D eigenvalue weighted by Gasteiger charge is 2.27. The first-order valence-electron chi connectivity index (χ1n) is 14.5. The summed E-state index contributed by atoms with van der Waals surface area (Å²) in [5, 5.41) is 13.4. The van der Waals surface area contributed by atoms with Gasteiger partial charge in [-0.25, -0.2) is 18.7 Å². The normalized spacial score (nSPS) is 15.4. The molecule has 0 bridgehead atoms. The maximum Gasteiger partial charge on any atom is 0.227 e. The topological polar surface area (TPSA) is 89.0 Å². The molecule has 2 aromatic carbocycles. The number of nitrogens with one attached hydrogen (secondary N) is 1. The van der Waals surface area contributed by atoms with E-state index in [2.05, 4.69) is 34.0 Å². The molecule has 1 unspecified atom stereocenters. The Kier molecular flexibility index (Phi) is 10.4. The zero-order valence-electron chi connectivity index (χ0n) is 25.3. The van der Waals surface area contributed by atoms with Crippen molar-refractivity contribution < 1.29 is 28.1 Å². The van der Waals surface area contributed by atoms with Crippen molar-refractivity contribution in [2.24, 2.45) is 17.8 Å². The van der Waals surface area contributed by atoms with Gasteiger partial charge in [0.1, 0.15) is 18.2 Å². The monoisotopic (exact) mass is 584 g/mol. The number of ether oxygens (including phenoxy) is 3. The van der Waals surface area contributed by atoms with E-state index in [0.29, 0.717) is 23.7 Å². The molecular weight excluding hydrogens is 542 g/mol. The molecule has 1 saturated heterocycles. The second kappa shape index (κ2) is 14.0. The van der Waals surface area contributed by atoms with Crippen LogP contribution in [-0.4, -0.2) is 48.5 Å². The first-order chi connectivity index (χ1) is 20.1. The lowest BCUT2D eigenvalue weighted by molar-refractivity contribution is 0.0766. The summed E-state index contributed by atoms with van der Waals surface area (Å²) in [6.45, 7) is 9.36. The summed E-state index contributed by atoms with van der Waals surface area (Å²) in [6, 6.07) is 7.21. The first kappa shape index (κ1) is 31.3. The van der Waals surface area contributed by atoms with Gasteiger partial charge in [-0.3, -0.25) is 0 Å². The van der Waals surface area contributed by atoms with Gasteiger partial charge < -0.3 is 29.5 Å². The van der Waals surface area contributed by atoms with Gasteiger partial charge in [-0.05, 0) is 74.6 Å². The van der Waals surface area contributed by atoms with Crippen LogP contribution in [0, 0.1) is 36.3 Å². The lowest BCUT2D eigenvalue weighted by Gasteiger charge is -2.37. The standard InChI is InChI=1S/C32H42F2N4O4/c1-19(2)25(21(4)39)14-22-9-11-38(12-10-22)27-8-7-23(15-28(27)40-5)37-32-35-16-24(17-36-32)42-18-26-30(33)20(3)13-29(41-6)31(26)34/h7-8,13,15-17,19,21-22,25,39H,9-12,14,18H2,1-6H3,(H,35,36,37)/t21?,25-/m0/s1. The van der Waals surface area contributed by atoms with Gasteiger partial charge in [-0.1, -0.05) is 13.8 Å². The number of piperidine rings is 1. The average Bonchev–Trinajstić information content (AvgIpc) is 2.98. The summed E-state index contributed by atoms with van der Waals surface area (Å²) >= 11 is 0. The number of hydrogen-bond donors (Lipinski definition) is 2. The number of aliphatic hydroxyl groups excluding tert-OH is 1. The molecule has 2 heterocycles. The summed E-state index contributed by atoms with van der Waals surface area (Å²) < 4.78 is 45.3. The molecule has 0 aliphatic carbocycles. The Morgan fingerprint density at radius 2 is 1.67 bits per heavy atom. The Labute approximate surface area is 247 Å². The third-order valence-corrected chi connectivity index (χ3v) is 8.14. The van der Waals surface area contributed by atoms with Crippen molar-refractivity contribution in [3.05, 3.63) is 59.4 Å². The fourth-order valence-electron chi connectivity index (χ4n) is 5.66. The van der Waals surface area contributed by atoms with Crippen LogP contribution in [0.15, 0.2) is 36.7 Å². The molecule has 1 aliphatic heterocycles. The Morgan fingerprint density at radius 1 is 1.00 bits per heavy atom. The van der Waals surface area contributed by atoms with E-state index in [-0.39, 0.29) is 35.3 Å². The third kappa shape index (κ3) is 7.40. The predicted molar refractivity (Wildman–Crippen MR) is 160 cm³/mol. The molecule has 0 spiro atoms. The van der Waals surface area contributed by atoms with Gasteiger partial charge in [0.05, 0.1) is 44.0 Å². The van der Waals surface area contributed by atoms with Gasteiger partial charge in [-0.15, -0.1) is 0 Å². The molecule has 2 atom stereocenters. The molecule has 4 rings (SSSR count). The minimum absolute atomic E-state index is 0.0401. The number of benzene rings is 2. The predicted octanol–water partition coefficient (Wildman–Crippen LogP) is 6.66. The average molecular weight is 585 g/mol. The minimum Gasteiger partial charge on any atom is -0.495 e. The van der Waals surface area contributed by atoms with Crippen molar-refractivity contribution in [3.8, 4) is 17.2 Å². The summed E-state index contributed by atoms with van der Waals surface area (Å²) in [6.07, 6.45) is 5.82. The lowest BCUT2D eigenvalue weighted by atomic mass is 9.79. The number of aryl methyl sites for hydroxylation is 1. The van der Waals surface area contributed by atoms with Crippen LogP contribution in [0.4, 0.5) is 26.1 Å². The number of aliphatic hydroxyl groups is 1. The van der Waals surface area contributed by atoms with Crippen LogP contribution in [0.2, 0.25) is 0 Å². The molecule has 1 fully saturated rings. The van der Waals surface area contributed by atoms with E-state index in [9.17, 15) is 13.9 Å². The van der Waals surface area contributed by atoms with Gasteiger partial charge in [0.25, 0.3) is 0 Å². The van der Waals surface area contributed by atoms with Crippen LogP contribution in [0.3, 0.4) is 0 Å². The molecule has 228 valence electrons. The Balaban J connectivity index is 1.35. The van der Waals surface area contributed by atoms with Crippen LogP contribution in [0.5, 0.6) is 17.2 Å². The SMILES string of the molecule is COc1cc(Nc2ncc(OCc3c(F)c(C)cc(OC)c3F)cn2)ccc1N1CCC(C[C@@H](C(C)C)C(C)O)CC1. The zero-order chi connectivity index (χ0) is 30.4. The smallest absolute Gasteiger partial charge is 0.227 e. The van der Waals surface area contributed by atoms with Crippen molar-refractivity contribution in [3.63, 3.8) is 0 Å². The number of anilines is 3. The van der Waals surface area contributed by atoms with E-state index in [4.69, 9.17) is 14.2 Å². The van der Waals surface area contributed by atoms with Crippen LogP contribution in [0.1, 0.15) is 51.2 Å². The largest absolute Gasteiger partial charge is 0.495 e. The summed E-state index contributed by atoms with van der Waals surface area (Å²) in [5.41, 5.74) is 1.84. The minimum atomic E-state index is -0.794. The number of halogens is 2. The van der Waals surface area contributed by atoms with Gasteiger partial charge in [0.2, 0.25) is 5.95 Å². The maximum absolute atomic E-state index is 14.5. The number of methoxy groups -OCH3 is 2. The highest BCUT2D eigenvalue weighted by molar-refractivity contribution is 5.67. The van der Waals surface area contributed by atoms with Gasteiger partial charge in [-0.2, -0.15) is 0 Å². The second-order valence-electron chi connectivity index (χ2n) is 11.4. The second-order valence-corrected chi connectivity index (χ2v) is 11.4. The lowest BCUT2D eigenvalue weighted by Crippen LogP contribution is -2.36. The Morgan fingerprint density at radius 3 is 2.26 bits per heavy atom. The molecule has 10 heteroatoms. The third-order valence-electron chi connectivity index (χ3n) is 8.14. The van der Waals surface area contributed by atoms with Crippen LogP contribution >= 0.6 is 0 Å². The molecule has 0 saturated carbocycles. The van der Waals surface area contributed by atoms with E-state index in [1.807, 2.05) is 25.1 Å². The van der Waals surface area contributed by atoms with E-state index >= 15 is 0 Å². The molecular formula is C32H42F2N4O4. The van der Waals surface area contributed by atoms with E-state index in [1.165, 1.54) is 32.5 Å². The first-order valence-corrected chi connectivity index (χ1v) is 14.5. The van der Waals surface area contributed by atoms with Crippen LogP contribution < -0.4 is 24.4 Å². The molecule has 8 nitrogen and oxygen atoms in total. The van der Waals surface area contributed by atoms with Gasteiger partial charge in [0, 0.05) is 24.8 Å². The van der Waals surface area contributed by atoms with E-state index in [1.54, 1.807) is 7.11 Å². The highest BCUT2D eigenvalue weighted by atomic mass is 19.1. The van der Waals surface area contributed by atoms with Gasteiger partial charge >= 0.3 is 0 Å². The van der Waals surface area contributed by atoms with Crippen molar-refractivity contribution in [2.75, 3.05) is 37.5 Å². The highest BCUT2D eigenvalue weighted by Crippen LogP contribution is 2.37. The van der Waals surface area contributed by atoms with E-state index in [0.717, 1.165) is 49.5 Å². The number of aromatic nitrogens is 2.